The van der Waals surface area contributed by atoms with Crippen LogP contribution in [0.25, 0.3) is 5.69 Å². The van der Waals surface area contributed by atoms with Gasteiger partial charge in [0.1, 0.15) is 5.69 Å². The maximum atomic E-state index is 12.3. The van der Waals surface area contributed by atoms with Gasteiger partial charge in [-0.05, 0) is 25.1 Å². The molecule has 138 valence electrons. The van der Waals surface area contributed by atoms with E-state index in [1.54, 1.807) is 29.1 Å². The summed E-state index contributed by atoms with van der Waals surface area (Å²) >= 11 is 0. The molecule has 9 heteroatoms. The molecule has 0 spiro atoms. The first-order valence-electron chi connectivity index (χ1n) is 8.50. The predicted octanol–water partition coefficient (Wildman–Crippen LogP) is 1.23. The van der Waals surface area contributed by atoms with Gasteiger partial charge in [0.05, 0.1) is 24.5 Å². The molecule has 9 nitrogen and oxygen atoms in total. The average Bonchev–Trinajstić information content (AvgIpc) is 3.20. The van der Waals surface area contributed by atoms with Crippen molar-refractivity contribution in [1.29, 1.82) is 0 Å². The summed E-state index contributed by atoms with van der Waals surface area (Å²) in [6.45, 7) is 4.74. The second-order valence-corrected chi connectivity index (χ2v) is 5.99. The number of ether oxygens (including phenoxy) is 1. The molecular formula is C17H21N5O4. The summed E-state index contributed by atoms with van der Waals surface area (Å²) in [5.74, 6) is -0.313. The smallest absolute Gasteiger partial charge is 0.294 e. The van der Waals surface area contributed by atoms with E-state index in [4.69, 9.17) is 4.74 Å². The minimum atomic E-state index is -0.495. The Balaban J connectivity index is 1.58. The van der Waals surface area contributed by atoms with Gasteiger partial charge in [-0.25, -0.2) is 4.98 Å². The zero-order chi connectivity index (χ0) is 18.4. The number of benzene rings is 1. The highest BCUT2D eigenvalue weighted by molar-refractivity contribution is 5.95. The van der Waals surface area contributed by atoms with Crippen molar-refractivity contribution in [2.75, 3.05) is 39.4 Å². The molecule has 1 aliphatic rings. The Morgan fingerprint density at radius 2 is 2.15 bits per heavy atom. The highest BCUT2D eigenvalue weighted by atomic mass is 16.6. The molecule has 3 rings (SSSR count). The van der Waals surface area contributed by atoms with Gasteiger partial charge in [-0.3, -0.25) is 19.8 Å². The summed E-state index contributed by atoms with van der Waals surface area (Å²) in [6.07, 6.45) is 5.46. The lowest BCUT2D eigenvalue weighted by Crippen LogP contribution is -2.38. The van der Waals surface area contributed by atoms with Crippen LogP contribution in [0.2, 0.25) is 0 Å². The molecule has 0 atom stereocenters. The molecule has 0 unspecified atom stereocenters. The molecule has 0 saturated carbocycles. The van der Waals surface area contributed by atoms with E-state index in [1.165, 1.54) is 12.4 Å². The summed E-state index contributed by atoms with van der Waals surface area (Å²) < 4.78 is 6.84. The van der Waals surface area contributed by atoms with Crippen molar-refractivity contribution in [3.8, 4) is 5.69 Å². The Hall–Kier alpha value is -2.78. The molecule has 1 N–H and O–H groups in total. The van der Waals surface area contributed by atoms with Gasteiger partial charge in [0.15, 0.2) is 0 Å². The summed E-state index contributed by atoms with van der Waals surface area (Å²) in [5.41, 5.74) is 0.507. The van der Waals surface area contributed by atoms with Crippen molar-refractivity contribution in [2.45, 2.75) is 6.42 Å². The van der Waals surface area contributed by atoms with Crippen molar-refractivity contribution in [3.05, 3.63) is 52.6 Å². The summed E-state index contributed by atoms with van der Waals surface area (Å²) in [6, 6.07) is 4.44. The molecule has 1 aliphatic heterocycles. The Morgan fingerprint density at radius 1 is 1.35 bits per heavy atom. The number of nitrogens with one attached hydrogen (secondary N) is 1. The second-order valence-electron chi connectivity index (χ2n) is 5.99. The Labute approximate surface area is 150 Å². The maximum Gasteiger partial charge on any atom is 0.294 e. The largest absolute Gasteiger partial charge is 0.379 e. The van der Waals surface area contributed by atoms with Gasteiger partial charge in [-0.2, -0.15) is 0 Å². The van der Waals surface area contributed by atoms with Crippen LogP contribution < -0.4 is 5.32 Å². The Bertz CT molecular complexity index is 757. The fourth-order valence-electron chi connectivity index (χ4n) is 2.86. The third-order valence-electron chi connectivity index (χ3n) is 4.26. The van der Waals surface area contributed by atoms with E-state index < -0.39 is 4.92 Å². The van der Waals surface area contributed by atoms with Crippen molar-refractivity contribution in [1.82, 2.24) is 19.8 Å². The third kappa shape index (κ3) is 4.44. The highest BCUT2D eigenvalue weighted by Crippen LogP contribution is 2.24. The van der Waals surface area contributed by atoms with Crippen molar-refractivity contribution < 1.29 is 14.5 Å². The van der Waals surface area contributed by atoms with E-state index in [1.807, 2.05) is 0 Å². The van der Waals surface area contributed by atoms with Crippen LogP contribution in [0.4, 0.5) is 5.69 Å². The van der Waals surface area contributed by atoms with Crippen molar-refractivity contribution >= 4 is 11.6 Å². The SMILES string of the molecule is O=C(NCCCN1CCOCC1)c1ccc(-n2ccnc2)c([N+](=O)[O-])c1. The first-order valence-corrected chi connectivity index (χ1v) is 8.50. The number of hydrogen-bond acceptors (Lipinski definition) is 6. The zero-order valence-corrected chi connectivity index (χ0v) is 14.3. The van der Waals surface area contributed by atoms with Crippen LogP contribution >= 0.6 is 0 Å². The van der Waals surface area contributed by atoms with Crippen LogP contribution in [-0.4, -0.2) is 64.7 Å². The van der Waals surface area contributed by atoms with E-state index in [0.717, 1.165) is 39.3 Å². The lowest BCUT2D eigenvalue weighted by Gasteiger charge is -2.26. The van der Waals surface area contributed by atoms with Gasteiger partial charge in [0, 0.05) is 43.7 Å². The Kier molecular flexibility index (Phi) is 5.92. The minimum absolute atomic E-state index is 0.135. The average molecular weight is 359 g/mol. The standard InChI is InChI=1S/C17H21N5O4/c23-17(19-4-1-6-20-8-10-26-11-9-20)14-2-3-15(16(12-14)22(24)25)21-7-5-18-13-21/h2-3,5,7,12-13H,1,4,6,8-11H2,(H,19,23). The molecule has 0 aliphatic carbocycles. The van der Waals surface area contributed by atoms with Crippen molar-refractivity contribution in [3.63, 3.8) is 0 Å². The quantitative estimate of drug-likeness (QED) is 0.453. The number of nitrogens with zero attached hydrogens (tertiary/aromatic N) is 4. The molecule has 1 amide bonds. The van der Waals surface area contributed by atoms with Crippen LogP contribution in [-0.2, 0) is 4.74 Å². The number of amides is 1. The number of rotatable bonds is 7. The molecule has 0 radical (unpaired) electrons. The number of nitro groups is 1. The predicted molar refractivity (Wildman–Crippen MR) is 94.4 cm³/mol. The van der Waals surface area contributed by atoms with Crippen LogP contribution in [0.15, 0.2) is 36.9 Å². The van der Waals surface area contributed by atoms with E-state index in [0.29, 0.717) is 12.2 Å². The number of imidazole rings is 1. The van der Waals surface area contributed by atoms with E-state index in [9.17, 15) is 14.9 Å². The number of hydrogen-bond donors (Lipinski definition) is 1. The molecular weight excluding hydrogens is 338 g/mol. The lowest BCUT2D eigenvalue weighted by molar-refractivity contribution is -0.384. The summed E-state index contributed by atoms with van der Waals surface area (Å²) in [5, 5.41) is 14.2. The van der Waals surface area contributed by atoms with E-state index in [2.05, 4.69) is 15.2 Å². The molecule has 1 aromatic carbocycles. The normalized spacial score (nSPS) is 14.9. The number of nitro benzene ring substituents is 1. The van der Waals surface area contributed by atoms with Crippen LogP contribution in [0.5, 0.6) is 0 Å². The molecule has 26 heavy (non-hydrogen) atoms. The van der Waals surface area contributed by atoms with Gasteiger partial charge in [-0.1, -0.05) is 0 Å². The molecule has 2 aromatic rings. The number of carbonyl (C=O) groups is 1. The maximum absolute atomic E-state index is 12.3. The van der Waals surface area contributed by atoms with Crippen LogP contribution in [0, 0.1) is 10.1 Å². The topological polar surface area (TPSA) is 103 Å². The summed E-state index contributed by atoms with van der Waals surface area (Å²) in [4.78, 5) is 29.3. The zero-order valence-electron chi connectivity index (χ0n) is 14.3. The van der Waals surface area contributed by atoms with Crippen LogP contribution in [0.3, 0.4) is 0 Å². The van der Waals surface area contributed by atoms with E-state index in [-0.39, 0.29) is 17.2 Å². The van der Waals surface area contributed by atoms with Crippen LogP contribution in [0.1, 0.15) is 16.8 Å². The van der Waals surface area contributed by atoms with Gasteiger partial charge in [-0.15, -0.1) is 0 Å². The van der Waals surface area contributed by atoms with Gasteiger partial charge < -0.3 is 14.6 Å². The third-order valence-corrected chi connectivity index (χ3v) is 4.26. The first kappa shape index (κ1) is 18.0. The number of carbonyl (C=O) groups excluding carboxylic acids is 1. The van der Waals surface area contributed by atoms with E-state index >= 15 is 0 Å². The van der Waals surface area contributed by atoms with Gasteiger partial charge in [0.25, 0.3) is 11.6 Å². The Morgan fingerprint density at radius 3 is 2.85 bits per heavy atom. The van der Waals surface area contributed by atoms with Gasteiger partial charge in [0.2, 0.25) is 0 Å². The lowest BCUT2D eigenvalue weighted by atomic mass is 10.1. The molecule has 2 heterocycles. The monoisotopic (exact) mass is 359 g/mol. The van der Waals surface area contributed by atoms with Gasteiger partial charge >= 0.3 is 0 Å². The fourth-order valence-corrected chi connectivity index (χ4v) is 2.86. The number of morpholine rings is 1. The molecule has 1 aromatic heterocycles. The fraction of sp³-hybridized carbons (Fsp3) is 0.412. The molecule has 0 bridgehead atoms. The highest BCUT2D eigenvalue weighted by Gasteiger charge is 2.18. The molecule has 1 saturated heterocycles. The number of aromatic nitrogens is 2. The summed E-state index contributed by atoms with van der Waals surface area (Å²) in [7, 11) is 0. The molecule has 1 fully saturated rings. The van der Waals surface area contributed by atoms with Crippen molar-refractivity contribution in [2.24, 2.45) is 0 Å². The first-order chi connectivity index (χ1) is 12.6. The second kappa shape index (κ2) is 8.54. The minimum Gasteiger partial charge on any atom is -0.379 e.